The van der Waals surface area contributed by atoms with Gasteiger partial charge in [-0.2, -0.15) is 0 Å². The van der Waals surface area contributed by atoms with Crippen molar-refractivity contribution >= 4 is 29.0 Å². The number of hydrogen-bond acceptors (Lipinski definition) is 4. The second-order valence-electron chi connectivity index (χ2n) is 8.61. The maximum Gasteiger partial charge on any atom is 0.244 e. The van der Waals surface area contributed by atoms with E-state index in [9.17, 15) is 18.4 Å². The number of carbonyl (C=O) groups excluding carboxylic acids is 2. The van der Waals surface area contributed by atoms with Crippen molar-refractivity contribution in [3.8, 4) is 0 Å². The van der Waals surface area contributed by atoms with Gasteiger partial charge >= 0.3 is 0 Å². The van der Waals surface area contributed by atoms with E-state index >= 15 is 0 Å². The van der Waals surface area contributed by atoms with Crippen molar-refractivity contribution in [3.63, 3.8) is 0 Å². The number of carbonyl (C=O) groups is 2. The fraction of sp³-hybridized carbons (Fsp3) is 0.185. The van der Waals surface area contributed by atoms with Crippen molar-refractivity contribution in [2.24, 2.45) is 11.7 Å². The number of nitrogens with one attached hydrogen (secondary N) is 1. The molecule has 0 spiro atoms. The highest BCUT2D eigenvalue weighted by molar-refractivity contribution is 6.37. The van der Waals surface area contributed by atoms with E-state index in [1.54, 1.807) is 73.7 Å². The Bertz CT molecular complexity index is 1290. The maximum atomic E-state index is 14.3. The zero-order valence-corrected chi connectivity index (χ0v) is 19.6. The highest BCUT2D eigenvalue weighted by Gasteiger charge is 2.53. The van der Waals surface area contributed by atoms with Crippen LogP contribution < -0.4 is 11.1 Å². The third-order valence-electron chi connectivity index (χ3n) is 5.91. The fourth-order valence-electron chi connectivity index (χ4n) is 4.17. The van der Waals surface area contributed by atoms with Gasteiger partial charge in [0, 0.05) is 11.6 Å². The van der Waals surface area contributed by atoms with Gasteiger partial charge in [-0.25, -0.2) is 8.78 Å². The third-order valence-corrected chi connectivity index (χ3v) is 6.53. The van der Waals surface area contributed by atoms with E-state index in [0.717, 1.165) is 12.1 Å². The van der Waals surface area contributed by atoms with Gasteiger partial charge in [-0.1, -0.05) is 60.7 Å². The number of amides is 1. The van der Waals surface area contributed by atoms with Crippen LogP contribution in [0.2, 0.25) is 0 Å². The van der Waals surface area contributed by atoms with E-state index < -0.39 is 39.7 Å². The Morgan fingerprint density at radius 2 is 1.69 bits per heavy atom. The van der Waals surface area contributed by atoms with Crippen LogP contribution in [-0.4, -0.2) is 23.8 Å². The molecule has 4 rings (SSSR count). The second-order valence-corrected chi connectivity index (χ2v) is 9.20. The summed E-state index contributed by atoms with van der Waals surface area (Å²) in [6, 6.07) is 19.9. The molecule has 3 aromatic carbocycles. The standard InChI is InChI=1S/C27H23ClF2N2O3/c1-26(32-21-13-12-19(29)14-20(21)30)15-22(35-16-26)23(24(33)17-8-4-2-5-9-17)27(28,25(31)34)18-10-6-3-7-11-18/h2-15,23,32H,16H2,1H3,(H2,31,34). The summed E-state index contributed by atoms with van der Waals surface area (Å²) >= 11 is 6.95. The molecular formula is C27H23ClF2N2O3. The molecule has 1 heterocycles. The van der Waals surface area contributed by atoms with Crippen LogP contribution in [0.4, 0.5) is 14.5 Å². The summed E-state index contributed by atoms with van der Waals surface area (Å²) in [4.78, 5) is 24.7. The van der Waals surface area contributed by atoms with Crippen LogP contribution in [0.1, 0.15) is 22.8 Å². The van der Waals surface area contributed by atoms with Crippen molar-refractivity contribution in [2.75, 3.05) is 11.9 Å². The summed E-state index contributed by atoms with van der Waals surface area (Å²) < 4.78 is 33.6. The lowest BCUT2D eigenvalue weighted by Gasteiger charge is -2.32. The summed E-state index contributed by atoms with van der Waals surface area (Å²) in [5, 5.41) is 2.98. The van der Waals surface area contributed by atoms with Crippen molar-refractivity contribution in [1.29, 1.82) is 0 Å². The normalized spacial score (nSPS) is 19.7. The average Bonchev–Trinajstić information content (AvgIpc) is 3.23. The zero-order valence-electron chi connectivity index (χ0n) is 18.8. The maximum absolute atomic E-state index is 14.3. The number of anilines is 1. The van der Waals surface area contributed by atoms with Gasteiger partial charge in [0.25, 0.3) is 0 Å². The van der Waals surface area contributed by atoms with Crippen molar-refractivity contribution < 1.29 is 23.1 Å². The Morgan fingerprint density at radius 1 is 1.06 bits per heavy atom. The lowest BCUT2D eigenvalue weighted by Crippen LogP contribution is -2.47. The number of alkyl halides is 1. The molecule has 3 atom stereocenters. The number of benzene rings is 3. The Kier molecular flexibility index (Phi) is 6.63. The molecule has 0 radical (unpaired) electrons. The van der Waals surface area contributed by atoms with Crippen molar-refractivity contribution in [2.45, 2.75) is 17.3 Å². The minimum Gasteiger partial charge on any atom is -0.495 e. The predicted octanol–water partition coefficient (Wildman–Crippen LogP) is 5.17. The quantitative estimate of drug-likeness (QED) is 0.333. The highest BCUT2D eigenvalue weighted by Crippen LogP contribution is 2.45. The molecule has 180 valence electrons. The summed E-state index contributed by atoms with van der Waals surface area (Å²) in [5.74, 6) is -4.07. The molecule has 0 aliphatic carbocycles. The van der Waals surface area contributed by atoms with Crippen LogP contribution in [0, 0.1) is 17.6 Å². The van der Waals surface area contributed by atoms with Gasteiger partial charge in [0.1, 0.15) is 29.9 Å². The Hall–Kier alpha value is -3.71. The van der Waals surface area contributed by atoms with Gasteiger partial charge in [0.05, 0.1) is 11.2 Å². The number of hydrogen-bond donors (Lipinski definition) is 2. The van der Waals surface area contributed by atoms with E-state index in [4.69, 9.17) is 22.1 Å². The number of primary amides is 1. The van der Waals surface area contributed by atoms with Crippen molar-refractivity contribution in [3.05, 3.63) is 113 Å². The number of nitrogens with two attached hydrogens (primary N) is 1. The first-order chi connectivity index (χ1) is 16.6. The molecule has 1 aliphatic heterocycles. The topological polar surface area (TPSA) is 81.4 Å². The van der Waals surface area contributed by atoms with Gasteiger partial charge < -0.3 is 15.8 Å². The summed E-state index contributed by atoms with van der Waals surface area (Å²) in [5.41, 5.74) is 5.51. The van der Waals surface area contributed by atoms with Gasteiger partial charge in [0.2, 0.25) is 5.91 Å². The van der Waals surface area contributed by atoms with E-state index in [1.165, 1.54) is 6.07 Å². The number of Topliss-reactive ketones (excluding diaryl/α,β-unsaturated/α-hetero) is 1. The monoisotopic (exact) mass is 496 g/mol. The smallest absolute Gasteiger partial charge is 0.244 e. The summed E-state index contributed by atoms with van der Waals surface area (Å²) in [6.45, 7) is 1.72. The average molecular weight is 497 g/mol. The first-order valence-electron chi connectivity index (χ1n) is 10.9. The number of halogens is 3. The third kappa shape index (κ3) is 4.77. The van der Waals surface area contributed by atoms with Crippen LogP contribution in [0.15, 0.2) is 90.7 Å². The molecule has 1 aliphatic rings. The van der Waals surface area contributed by atoms with E-state index in [2.05, 4.69) is 5.32 Å². The molecule has 3 aromatic rings. The van der Waals surface area contributed by atoms with Gasteiger partial charge in [-0.05, 0) is 30.7 Å². The van der Waals surface area contributed by atoms with Gasteiger partial charge in [-0.3, -0.25) is 9.59 Å². The molecule has 35 heavy (non-hydrogen) atoms. The molecule has 0 saturated heterocycles. The molecule has 1 amide bonds. The molecule has 0 fully saturated rings. The highest BCUT2D eigenvalue weighted by atomic mass is 35.5. The molecular weight excluding hydrogens is 474 g/mol. The number of allylic oxidation sites excluding steroid dienone is 1. The van der Waals surface area contributed by atoms with Crippen LogP contribution >= 0.6 is 11.6 Å². The number of ketones is 1. The molecule has 0 bridgehead atoms. The molecule has 3 N–H and O–H groups in total. The summed E-state index contributed by atoms with van der Waals surface area (Å²) in [7, 11) is 0. The number of rotatable bonds is 8. The molecule has 0 aromatic heterocycles. The van der Waals surface area contributed by atoms with Gasteiger partial charge in [0.15, 0.2) is 10.7 Å². The fourth-order valence-corrected chi connectivity index (χ4v) is 4.51. The van der Waals surface area contributed by atoms with Crippen LogP contribution in [0.5, 0.6) is 0 Å². The van der Waals surface area contributed by atoms with E-state index in [1.807, 2.05) is 0 Å². The van der Waals surface area contributed by atoms with Gasteiger partial charge in [-0.15, -0.1) is 11.6 Å². The number of ether oxygens (including phenoxy) is 1. The molecule has 8 heteroatoms. The first-order valence-corrected chi connectivity index (χ1v) is 11.2. The lowest BCUT2D eigenvalue weighted by molar-refractivity contribution is -0.121. The van der Waals surface area contributed by atoms with Crippen LogP contribution in [0.3, 0.4) is 0 Å². The van der Waals surface area contributed by atoms with Crippen molar-refractivity contribution in [1.82, 2.24) is 0 Å². The predicted molar refractivity (Wildman–Crippen MR) is 130 cm³/mol. The lowest BCUT2D eigenvalue weighted by atomic mass is 9.78. The molecule has 5 nitrogen and oxygen atoms in total. The first kappa shape index (κ1) is 24.4. The largest absolute Gasteiger partial charge is 0.495 e. The summed E-state index contributed by atoms with van der Waals surface area (Å²) in [6.07, 6.45) is 1.59. The van der Waals surface area contributed by atoms with Crippen LogP contribution in [0.25, 0.3) is 0 Å². The Morgan fingerprint density at radius 3 is 2.29 bits per heavy atom. The minimum atomic E-state index is -1.97. The SMILES string of the molecule is CC1(Nc2ccc(F)cc2F)C=C(C(C(=O)c2ccccc2)C(Cl)(C(N)=O)c2ccccc2)OC1. The second kappa shape index (κ2) is 9.50. The molecule has 3 unspecified atom stereocenters. The Balaban J connectivity index is 1.81. The van der Waals surface area contributed by atoms with E-state index in [0.29, 0.717) is 11.1 Å². The van der Waals surface area contributed by atoms with Crippen LogP contribution in [-0.2, 0) is 14.4 Å². The minimum absolute atomic E-state index is 0.00175. The zero-order chi connectivity index (χ0) is 25.2. The molecule has 0 saturated carbocycles. The van der Waals surface area contributed by atoms with E-state index in [-0.39, 0.29) is 18.1 Å². The Labute approximate surface area is 206 Å².